The molecule has 20 heteroatoms. The van der Waals surface area contributed by atoms with Crippen LogP contribution in [0.15, 0.2) is 71.9 Å². The molecular weight excluding hydrogens is 1260 g/mol. The van der Waals surface area contributed by atoms with Gasteiger partial charge >= 0.3 is 11.9 Å². The second-order valence-corrected chi connectivity index (χ2v) is 30.3. The first-order chi connectivity index (χ1) is 46.4. The van der Waals surface area contributed by atoms with Crippen molar-refractivity contribution in [3.63, 3.8) is 0 Å². The Hall–Kier alpha value is -3.26. The van der Waals surface area contributed by atoms with Crippen molar-refractivity contribution in [1.82, 2.24) is 0 Å². The van der Waals surface area contributed by atoms with Crippen LogP contribution in [-0.2, 0) is 57.0 Å². The lowest BCUT2D eigenvalue weighted by molar-refractivity contribution is -0.158. The van der Waals surface area contributed by atoms with E-state index in [-0.39, 0.29) is 99.2 Å². The molecule has 0 unspecified atom stereocenters. The first-order valence-electron chi connectivity index (χ1n) is 37.1. The van der Waals surface area contributed by atoms with Crippen molar-refractivity contribution in [2.45, 2.75) is 333 Å². The van der Waals surface area contributed by atoms with Crippen LogP contribution >= 0.6 is 0 Å². The molecule has 98 heavy (non-hydrogen) atoms. The number of cyclic esters (lactones) is 2. The summed E-state index contributed by atoms with van der Waals surface area (Å²) in [7, 11) is 6.58. The van der Waals surface area contributed by atoms with E-state index < -0.39 is 133 Å². The summed E-state index contributed by atoms with van der Waals surface area (Å²) in [5.41, 5.74) is 1.39. The van der Waals surface area contributed by atoms with E-state index in [1.165, 1.54) is 12.2 Å². The van der Waals surface area contributed by atoms with Crippen molar-refractivity contribution in [3.05, 3.63) is 71.9 Å². The molecule has 5 aliphatic rings. The van der Waals surface area contributed by atoms with Crippen LogP contribution in [0.5, 0.6) is 0 Å². The molecular formula is C78H132O20. The number of allylic oxidation sites excluding steroid dienone is 4. The number of aliphatic hydroxyl groups is 8. The molecule has 20 nitrogen and oxygen atoms in total. The molecule has 0 spiro atoms. The SMILES string of the molecule is CO[C@@H]1C[C@@H](CC[C@@H](C)[C@@H](O)[C@@H](C)[C@@H]2OC(=O)/C=C/C(C)=C/C[C@@H](O)C[C@@H]3C=CC[C@@H](C[C@H](OC)[C@H](C)[C@H](O)C[C@@H](O)[C@@H](C)[C@H]([C@@H](C)[C@@H](O)[C@@H](C)CC[C@@H]4C[C@@H](OC)C[C@H](C)O4)OC(=O)/C=C/C(C)=C/C[C@H](O)C[C@@H]4C=CC[C@H](C[C@H](OC)[C@@H](C)[C@H](O)C[C@H](O)[C@@H]2C)O4)O3)O[C@@H](C)C1. The summed E-state index contributed by atoms with van der Waals surface area (Å²) in [6, 6.07) is 0. The van der Waals surface area contributed by atoms with Crippen molar-refractivity contribution in [2.24, 2.45) is 47.3 Å². The molecule has 0 aliphatic carbocycles. The first-order valence-corrected chi connectivity index (χ1v) is 37.1. The van der Waals surface area contributed by atoms with Crippen LogP contribution in [-0.4, -0.2) is 216 Å². The summed E-state index contributed by atoms with van der Waals surface area (Å²) >= 11 is 0. The number of ether oxygens (including phenoxy) is 10. The number of methoxy groups -OCH3 is 4. The summed E-state index contributed by atoms with van der Waals surface area (Å²) in [5, 5.41) is 94.4. The summed E-state index contributed by atoms with van der Waals surface area (Å²) in [5.74, 6) is -5.50. The predicted octanol–water partition coefficient (Wildman–Crippen LogP) is 10.1. The summed E-state index contributed by atoms with van der Waals surface area (Å²) in [6.07, 6.45) is 14.1. The van der Waals surface area contributed by atoms with Crippen LogP contribution in [0.2, 0.25) is 0 Å². The van der Waals surface area contributed by atoms with Gasteiger partial charge in [0.2, 0.25) is 0 Å². The van der Waals surface area contributed by atoms with E-state index in [2.05, 4.69) is 0 Å². The zero-order chi connectivity index (χ0) is 72.5. The Bertz CT molecular complexity index is 2320. The van der Waals surface area contributed by atoms with Gasteiger partial charge in [-0.15, -0.1) is 0 Å². The Morgan fingerprint density at radius 1 is 0.449 bits per heavy atom. The maximum atomic E-state index is 13.9. The fourth-order valence-corrected chi connectivity index (χ4v) is 15.3. The molecule has 2 fully saturated rings. The third kappa shape index (κ3) is 28.1. The topological polar surface area (TPSA) is 288 Å². The van der Waals surface area contributed by atoms with Crippen LogP contribution in [0, 0.1) is 47.3 Å². The average molecular weight is 1390 g/mol. The van der Waals surface area contributed by atoms with Gasteiger partial charge in [-0.25, -0.2) is 9.59 Å². The monoisotopic (exact) mass is 1390 g/mol. The number of fused-ring (bicyclic) bond motifs is 4. The minimum Gasteiger partial charge on any atom is -0.458 e. The van der Waals surface area contributed by atoms with Gasteiger partial charge in [-0.1, -0.05) is 115 Å². The zero-order valence-electron chi connectivity index (χ0n) is 62.3. The normalized spacial score (nSPS) is 41.1. The largest absolute Gasteiger partial charge is 0.458 e. The summed E-state index contributed by atoms with van der Waals surface area (Å²) in [6.45, 7) is 22.5. The fourth-order valence-electron chi connectivity index (χ4n) is 15.3. The third-order valence-electron chi connectivity index (χ3n) is 22.3. The molecule has 0 aromatic heterocycles. The minimum absolute atomic E-state index is 0.0293. The van der Waals surface area contributed by atoms with E-state index >= 15 is 0 Å². The third-order valence-corrected chi connectivity index (χ3v) is 22.3. The van der Waals surface area contributed by atoms with Gasteiger partial charge in [-0.05, 0) is 129 Å². The Morgan fingerprint density at radius 3 is 1.15 bits per heavy atom. The molecule has 4 bridgehead atoms. The highest BCUT2D eigenvalue weighted by atomic mass is 16.6. The molecule has 5 aliphatic heterocycles. The molecule has 5 heterocycles. The van der Waals surface area contributed by atoms with Gasteiger partial charge in [0.05, 0.1) is 122 Å². The van der Waals surface area contributed by atoms with Gasteiger partial charge in [0, 0.05) is 102 Å². The zero-order valence-corrected chi connectivity index (χ0v) is 62.3. The van der Waals surface area contributed by atoms with Crippen LogP contribution in [0.1, 0.15) is 199 Å². The standard InChI is InChI=1S/C78H132O20/c1-45-23-29-57(79)37-59-19-17-21-61(95-59)41-71(91-15)52(8)68(82)44-70(84)54(10)78(56(12)76(88)48(4)28-32-64-40-66(90-14)36-50(6)94-64)98-74(86)34-26-46(2)24-30-58(80)38-60-20-18-22-62(96-60)42-72(92-16)51(7)67(81)43-69(83)53(9)77(97-73(85)33-25-45)55(11)75(87)47(3)27-31-63-39-65(89-13)35-49(5)93-63/h17-20,23-26,33-34,47-72,75-84,87-88H,21-22,27-32,35-44H2,1-16H3/b33-25+,34-26+,45-23+,46-24+/t47-,48+,49-,50-,51+,52-,53+,54-,55-,56+,57-,58+,59-,60-,61+,62-,63+,64+,65-,66-,67+,68+,69+,70-,71-,72-,75-,76+,77+,78+/m0/s1. The minimum atomic E-state index is -1.16. The van der Waals surface area contributed by atoms with E-state index in [9.17, 15) is 50.4 Å². The van der Waals surface area contributed by atoms with E-state index in [0.717, 1.165) is 25.7 Å². The second kappa shape index (κ2) is 43.1. The molecule has 8 N–H and O–H groups in total. The van der Waals surface area contributed by atoms with Crippen molar-refractivity contribution < 1.29 is 97.8 Å². The summed E-state index contributed by atoms with van der Waals surface area (Å²) in [4.78, 5) is 27.8. The highest BCUT2D eigenvalue weighted by Gasteiger charge is 2.42. The molecule has 0 radical (unpaired) electrons. The number of hydrogen-bond donors (Lipinski definition) is 8. The predicted molar refractivity (Wildman–Crippen MR) is 377 cm³/mol. The Kier molecular flexibility index (Phi) is 37.6. The number of hydrogen-bond acceptors (Lipinski definition) is 20. The molecule has 0 aromatic rings. The highest BCUT2D eigenvalue weighted by Crippen LogP contribution is 2.37. The van der Waals surface area contributed by atoms with Gasteiger partial charge in [0.15, 0.2) is 0 Å². The molecule has 2 saturated heterocycles. The summed E-state index contributed by atoms with van der Waals surface area (Å²) < 4.78 is 61.3. The van der Waals surface area contributed by atoms with Crippen LogP contribution in [0.25, 0.3) is 0 Å². The first kappa shape index (κ1) is 85.4. The molecule has 0 saturated carbocycles. The lowest BCUT2D eigenvalue weighted by atomic mass is 9.78. The van der Waals surface area contributed by atoms with Crippen molar-refractivity contribution in [3.8, 4) is 0 Å². The lowest BCUT2D eigenvalue weighted by Crippen LogP contribution is -2.45. The molecule has 0 aromatic carbocycles. The second-order valence-electron chi connectivity index (χ2n) is 30.3. The van der Waals surface area contributed by atoms with Gasteiger partial charge in [0.1, 0.15) is 12.2 Å². The number of aliphatic hydroxyl groups excluding tert-OH is 8. The number of esters is 2. The van der Waals surface area contributed by atoms with Gasteiger partial charge in [-0.2, -0.15) is 0 Å². The average Bonchev–Trinajstić information content (AvgIpc) is 0.853. The van der Waals surface area contributed by atoms with Gasteiger partial charge in [0.25, 0.3) is 0 Å². The molecule has 564 valence electrons. The number of carbonyl (C=O) groups is 2. The van der Waals surface area contributed by atoms with Gasteiger partial charge in [-0.3, -0.25) is 0 Å². The quantitative estimate of drug-likeness (QED) is 0.0527. The van der Waals surface area contributed by atoms with E-state index in [4.69, 9.17) is 47.4 Å². The number of carbonyl (C=O) groups excluding carboxylic acids is 2. The Labute approximate surface area is 587 Å². The van der Waals surface area contributed by atoms with E-state index in [1.54, 1.807) is 54.4 Å². The van der Waals surface area contributed by atoms with Gasteiger partial charge < -0.3 is 88.2 Å². The molecule has 30 atom stereocenters. The Balaban J connectivity index is 1.36. The maximum Gasteiger partial charge on any atom is 0.331 e. The molecule has 5 rings (SSSR count). The molecule has 0 amide bonds. The van der Waals surface area contributed by atoms with Crippen LogP contribution < -0.4 is 0 Å². The van der Waals surface area contributed by atoms with Crippen LogP contribution in [0.3, 0.4) is 0 Å². The smallest absolute Gasteiger partial charge is 0.331 e. The van der Waals surface area contributed by atoms with E-state index in [0.29, 0.717) is 62.5 Å². The van der Waals surface area contributed by atoms with Crippen molar-refractivity contribution in [2.75, 3.05) is 28.4 Å². The van der Waals surface area contributed by atoms with Crippen molar-refractivity contribution in [1.29, 1.82) is 0 Å². The number of rotatable bonds is 16. The fraction of sp³-hybridized carbons (Fsp3) is 0.821. The van der Waals surface area contributed by atoms with Crippen molar-refractivity contribution >= 4 is 11.9 Å². The highest BCUT2D eigenvalue weighted by molar-refractivity contribution is 5.83. The van der Waals surface area contributed by atoms with Crippen LogP contribution in [0.4, 0.5) is 0 Å². The van der Waals surface area contributed by atoms with E-state index in [1.807, 2.05) is 106 Å². The Morgan fingerprint density at radius 2 is 0.806 bits per heavy atom. The lowest BCUT2D eigenvalue weighted by Gasteiger charge is -2.38. The maximum absolute atomic E-state index is 13.9.